The van der Waals surface area contributed by atoms with Crippen molar-refractivity contribution in [2.24, 2.45) is 10.3 Å². The monoisotopic (exact) mass is 543 g/mol. The summed E-state index contributed by atoms with van der Waals surface area (Å²) in [7, 11) is -0.639. The SMILES string of the molecule is COc1ccc(CN=S2(=O)CCN(c3ccc(-c4nc(OCC5CC5)cn5ncc(C#N)c45)cn3)CC2)cc1. The smallest absolute Gasteiger partial charge is 0.232 e. The molecule has 2 fully saturated rings. The molecule has 0 N–H and O–H groups in total. The Labute approximate surface area is 227 Å². The van der Waals surface area contributed by atoms with E-state index in [-0.39, 0.29) is 0 Å². The van der Waals surface area contributed by atoms with Crippen LogP contribution >= 0.6 is 0 Å². The van der Waals surface area contributed by atoms with E-state index < -0.39 is 9.73 Å². The maximum Gasteiger partial charge on any atom is 0.232 e. The third-order valence-electron chi connectivity index (χ3n) is 7.11. The molecule has 0 unspecified atom stereocenters. The zero-order valence-corrected chi connectivity index (χ0v) is 22.5. The van der Waals surface area contributed by atoms with Crippen molar-refractivity contribution in [3.63, 3.8) is 0 Å². The summed E-state index contributed by atoms with van der Waals surface area (Å²) >= 11 is 0. The molecule has 3 aromatic heterocycles. The van der Waals surface area contributed by atoms with E-state index >= 15 is 0 Å². The van der Waals surface area contributed by atoms with Crippen LogP contribution in [0.4, 0.5) is 5.82 Å². The summed E-state index contributed by atoms with van der Waals surface area (Å²) in [6.45, 7) is 2.29. The first kappa shape index (κ1) is 25.1. The van der Waals surface area contributed by atoms with Gasteiger partial charge in [0.1, 0.15) is 34.4 Å². The highest BCUT2D eigenvalue weighted by molar-refractivity contribution is 7.93. The van der Waals surface area contributed by atoms with Gasteiger partial charge in [-0.05, 0) is 48.6 Å². The molecule has 4 aromatic rings. The van der Waals surface area contributed by atoms with Crippen molar-refractivity contribution in [2.45, 2.75) is 19.4 Å². The van der Waals surface area contributed by atoms with Crippen molar-refractivity contribution < 1.29 is 13.7 Å². The Balaban J connectivity index is 1.17. The maximum absolute atomic E-state index is 13.3. The van der Waals surface area contributed by atoms with Crippen LogP contribution in [0, 0.1) is 17.2 Å². The maximum atomic E-state index is 13.3. The molecule has 4 heterocycles. The van der Waals surface area contributed by atoms with Gasteiger partial charge >= 0.3 is 0 Å². The van der Waals surface area contributed by atoms with Crippen LogP contribution in [0.5, 0.6) is 11.6 Å². The number of hydrogen-bond donors (Lipinski definition) is 0. The van der Waals surface area contributed by atoms with E-state index in [1.807, 2.05) is 36.4 Å². The summed E-state index contributed by atoms with van der Waals surface area (Å²) in [6.07, 6.45) is 7.38. The summed E-state index contributed by atoms with van der Waals surface area (Å²) in [5.41, 5.74) is 3.46. The number of benzene rings is 1. The normalized spacial score (nSPS) is 16.6. The van der Waals surface area contributed by atoms with Gasteiger partial charge < -0.3 is 14.4 Å². The molecule has 39 heavy (non-hydrogen) atoms. The molecule has 0 bridgehead atoms. The largest absolute Gasteiger partial charge is 0.497 e. The van der Waals surface area contributed by atoms with E-state index in [1.54, 1.807) is 24.0 Å². The Kier molecular flexibility index (Phi) is 6.79. The minimum Gasteiger partial charge on any atom is -0.497 e. The first-order valence-electron chi connectivity index (χ1n) is 13.0. The van der Waals surface area contributed by atoms with Gasteiger partial charge in [-0.3, -0.25) is 0 Å². The Morgan fingerprint density at radius 1 is 1.13 bits per heavy atom. The zero-order valence-electron chi connectivity index (χ0n) is 21.7. The van der Waals surface area contributed by atoms with E-state index in [0.29, 0.717) is 66.3 Å². The second kappa shape index (κ2) is 10.5. The summed E-state index contributed by atoms with van der Waals surface area (Å²) in [4.78, 5) is 11.5. The van der Waals surface area contributed by atoms with E-state index in [2.05, 4.69) is 20.4 Å². The van der Waals surface area contributed by atoms with Crippen LogP contribution < -0.4 is 14.4 Å². The lowest BCUT2D eigenvalue weighted by Crippen LogP contribution is -2.40. The number of anilines is 1. The molecule has 0 radical (unpaired) electrons. The first-order chi connectivity index (χ1) is 19.0. The van der Waals surface area contributed by atoms with Crippen LogP contribution in [0.15, 0.2) is 59.4 Å². The molecule has 200 valence electrons. The topological polar surface area (TPSA) is 118 Å². The summed E-state index contributed by atoms with van der Waals surface area (Å²) in [5.74, 6) is 3.66. The van der Waals surface area contributed by atoms with Crippen molar-refractivity contribution in [1.82, 2.24) is 19.6 Å². The predicted molar refractivity (Wildman–Crippen MR) is 148 cm³/mol. The number of nitriles is 1. The Morgan fingerprint density at radius 3 is 2.59 bits per heavy atom. The number of aromatic nitrogens is 4. The zero-order chi connectivity index (χ0) is 26.8. The number of ether oxygens (including phenoxy) is 2. The molecule has 1 saturated carbocycles. The average molecular weight is 544 g/mol. The molecule has 0 atom stereocenters. The highest BCUT2D eigenvalue weighted by Gasteiger charge is 2.24. The van der Waals surface area contributed by atoms with Crippen LogP contribution in [0.3, 0.4) is 0 Å². The van der Waals surface area contributed by atoms with Crippen molar-refractivity contribution in [3.8, 4) is 29.0 Å². The third-order valence-corrected chi connectivity index (χ3v) is 9.35. The molecular weight excluding hydrogens is 514 g/mol. The lowest BCUT2D eigenvalue weighted by molar-refractivity contribution is 0.287. The number of methoxy groups -OCH3 is 1. The molecule has 10 nitrogen and oxygen atoms in total. The van der Waals surface area contributed by atoms with E-state index in [1.165, 1.54) is 19.0 Å². The summed E-state index contributed by atoms with van der Waals surface area (Å²) in [6, 6.07) is 13.8. The number of pyridine rings is 1. The molecule has 0 spiro atoms. The lowest BCUT2D eigenvalue weighted by atomic mass is 10.1. The van der Waals surface area contributed by atoms with Gasteiger partial charge in [0.15, 0.2) is 0 Å². The molecule has 1 aliphatic carbocycles. The average Bonchev–Trinajstić information content (AvgIpc) is 3.72. The van der Waals surface area contributed by atoms with Gasteiger partial charge in [0.25, 0.3) is 0 Å². The van der Waals surface area contributed by atoms with Crippen LogP contribution in [-0.4, -0.2) is 62.1 Å². The molecule has 11 heteroatoms. The molecule has 1 saturated heterocycles. The minimum absolute atomic E-state index is 0.431. The van der Waals surface area contributed by atoms with Gasteiger partial charge in [0.05, 0.1) is 42.4 Å². The van der Waals surface area contributed by atoms with Crippen LogP contribution in [0.2, 0.25) is 0 Å². The van der Waals surface area contributed by atoms with Gasteiger partial charge in [0, 0.05) is 36.4 Å². The molecule has 1 aliphatic heterocycles. The van der Waals surface area contributed by atoms with Crippen LogP contribution in [0.25, 0.3) is 16.8 Å². The number of rotatable bonds is 8. The second-order valence-electron chi connectivity index (χ2n) is 9.85. The van der Waals surface area contributed by atoms with E-state index in [9.17, 15) is 9.47 Å². The fourth-order valence-electron chi connectivity index (χ4n) is 4.55. The van der Waals surface area contributed by atoms with Crippen LogP contribution in [0.1, 0.15) is 24.0 Å². The fourth-order valence-corrected chi connectivity index (χ4v) is 6.41. The van der Waals surface area contributed by atoms with Crippen molar-refractivity contribution in [3.05, 3.63) is 66.1 Å². The standard InChI is InChI=1S/C28H29N7O3S/c1-37-24-7-4-20(5-8-24)15-32-39(36)12-10-34(11-13-39)25-9-6-22(16-30-25)27-28-23(14-29)17-31-35(28)18-26(33-27)38-19-21-2-3-21/h4-9,16-18,21H,2-3,10-13,15,19H2,1H3. The molecule has 2 aliphatic rings. The number of hydrogen-bond acceptors (Lipinski definition) is 9. The Bertz CT molecular complexity index is 1630. The van der Waals surface area contributed by atoms with Gasteiger partial charge in [-0.25, -0.2) is 23.1 Å². The molecule has 1 aromatic carbocycles. The predicted octanol–water partition coefficient (Wildman–Crippen LogP) is 3.95. The second-order valence-corrected chi connectivity index (χ2v) is 12.5. The molecule has 0 amide bonds. The highest BCUT2D eigenvalue weighted by Crippen LogP contribution is 2.31. The first-order valence-corrected chi connectivity index (χ1v) is 14.8. The molecule has 6 rings (SSSR count). The fraction of sp³-hybridized carbons (Fsp3) is 0.357. The van der Waals surface area contributed by atoms with Crippen molar-refractivity contribution in [2.75, 3.05) is 43.2 Å². The third kappa shape index (κ3) is 5.52. The highest BCUT2D eigenvalue weighted by atomic mass is 32.2. The van der Waals surface area contributed by atoms with Gasteiger partial charge in [-0.15, -0.1) is 0 Å². The minimum atomic E-state index is -2.27. The summed E-state index contributed by atoms with van der Waals surface area (Å²) in [5, 5.41) is 13.9. The number of fused-ring (bicyclic) bond motifs is 1. The van der Waals surface area contributed by atoms with Crippen molar-refractivity contribution in [1.29, 1.82) is 5.26 Å². The quantitative estimate of drug-likeness (QED) is 0.328. The van der Waals surface area contributed by atoms with Gasteiger partial charge in [-0.2, -0.15) is 10.4 Å². The molecular formula is C28H29N7O3S. The van der Waals surface area contributed by atoms with E-state index in [0.717, 1.165) is 22.7 Å². The van der Waals surface area contributed by atoms with E-state index in [4.69, 9.17) is 19.4 Å². The Hall–Kier alpha value is -4.17. The lowest BCUT2D eigenvalue weighted by Gasteiger charge is -2.29. The van der Waals surface area contributed by atoms with Crippen LogP contribution in [-0.2, 0) is 16.3 Å². The van der Waals surface area contributed by atoms with Gasteiger partial charge in [-0.1, -0.05) is 12.1 Å². The summed E-state index contributed by atoms with van der Waals surface area (Å²) < 4.78 is 30.7. The van der Waals surface area contributed by atoms with Crippen molar-refractivity contribution >= 4 is 21.1 Å². The number of nitrogens with zero attached hydrogens (tertiary/aromatic N) is 7. The van der Waals surface area contributed by atoms with Gasteiger partial charge in [0.2, 0.25) is 5.88 Å². The Morgan fingerprint density at radius 2 is 1.92 bits per heavy atom.